The van der Waals surface area contributed by atoms with Gasteiger partial charge in [0.2, 0.25) is 5.78 Å². The summed E-state index contributed by atoms with van der Waals surface area (Å²) in [4.78, 5) is 25.8. The molecule has 132 valence electrons. The molecule has 3 aliphatic rings. The molecule has 0 spiro atoms. The van der Waals surface area contributed by atoms with E-state index in [1.807, 2.05) is 4.90 Å². The summed E-state index contributed by atoms with van der Waals surface area (Å²) < 4.78 is 14.4. The highest BCUT2D eigenvalue weighted by Gasteiger charge is 2.52. The van der Waals surface area contributed by atoms with Gasteiger partial charge in [0.05, 0.1) is 11.3 Å². The summed E-state index contributed by atoms with van der Waals surface area (Å²) in [7, 11) is 0. The van der Waals surface area contributed by atoms with Gasteiger partial charge in [-0.15, -0.1) is 0 Å². The van der Waals surface area contributed by atoms with Crippen molar-refractivity contribution in [2.24, 2.45) is 5.73 Å². The van der Waals surface area contributed by atoms with Crippen molar-refractivity contribution in [3.8, 4) is 0 Å². The molecule has 2 unspecified atom stereocenters. The van der Waals surface area contributed by atoms with Crippen LogP contribution in [0.3, 0.4) is 0 Å². The van der Waals surface area contributed by atoms with Crippen LogP contribution in [0.25, 0.3) is 0 Å². The van der Waals surface area contributed by atoms with Crippen LogP contribution in [0.15, 0.2) is 23.9 Å². The molecule has 1 aromatic carbocycles. The second kappa shape index (κ2) is 5.52. The van der Waals surface area contributed by atoms with Crippen LogP contribution in [-0.4, -0.2) is 42.0 Å². The standard InChI is InChI=1S/C17H17ClFN3O3/c18-22(10-1-2-10)8-12(17(24)25)16(23)11-5-13(19)14(6-15(11)22)21-4-3-9(20)7-21/h5-6,8-10H,1-4,7,20H2/p+1. The minimum absolute atomic E-state index is 0.0120. The van der Waals surface area contributed by atoms with Gasteiger partial charge >= 0.3 is 5.97 Å². The molecule has 0 aromatic heterocycles. The Bertz CT molecular complexity index is 824. The average molecular weight is 367 g/mol. The van der Waals surface area contributed by atoms with Gasteiger partial charge < -0.3 is 15.7 Å². The lowest BCUT2D eigenvalue weighted by Crippen LogP contribution is -2.42. The van der Waals surface area contributed by atoms with Crippen molar-refractivity contribution in [3.05, 3.63) is 35.3 Å². The molecule has 1 saturated carbocycles. The molecule has 1 saturated heterocycles. The predicted molar refractivity (Wildman–Crippen MR) is 91.9 cm³/mol. The zero-order valence-electron chi connectivity index (χ0n) is 13.4. The molecule has 0 amide bonds. The second-order valence-corrected chi connectivity index (χ2v) is 7.47. The number of ketones is 1. The Hall–Kier alpha value is -1.96. The number of quaternary nitrogens is 1. The third kappa shape index (κ3) is 2.54. The van der Waals surface area contributed by atoms with Crippen molar-refractivity contribution in [2.45, 2.75) is 31.3 Å². The fraction of sp³-hybridized carbons (Fsp3) is 0.412. The Labute approximate surface area is 149 Å². The summed E-state index contributed by atoms with van der Waals surface area (Å²) in [5.41, 5.74) is 6.32. The second-order valence-electron chi connectivity index (χ2n) is 6.91. The van der Waals surface area contributed by atoms with E-state index in [0.717, 1.165) is 25.3 Å². The molecule has 25 heavy (non-hydrogen) atoms. The zero-order chi connectivity index (χ0) is 17.9. The van der Waals surface area contributed by atoms with Crippen LogP contribution >= 0.6 is 11.8 Å². The van der Waals surface area contributed by atoms with Crippen LogP contribution in [0, 0.1) is 5.82 Å². The molecule has 4 rings (SSSR count). The summed E-state index contributed by atoms with van der Waals surface area (Å²) in [6.07, 6.45) is 3.69. The lowest BCUT2D eigenvalue weighted by Gasteiger charge is -2.31. The van der Waals surface area contributed by atoms with Crippen molar-refractivity contribution in [1.82, 2.24) is 4.00 Å². The van der Waals surface area contributed by atoms with Crippen molar-refractivity contribution in [1.29, 1.82) is 0 Å². The van der Waals surface area contributed by atoms with Gasteiger partial charge in [-0.25, -0.2) is 9.18 Å². The molecule has 2 aliphatic heterocycles. The monoisotopic (exact) mass is 366 g/mol. The normalized spacial score (nSPS) is 28.8. The van der Waals surface area contributed by atoms with Crippen LogP contribution in [0.1, 0.15) is 29.6 Å². The van der Waals surface area contributed by atoms with Crippen LogP contribution in [0.5, 0.6) is 0 Å². The summed E-state index contributed by atoms with van der Waals surface area (Å²) in [6.45, 7) is 1.17. The van der Waals surface area contributed by atoms with E-state index in [4.69, 9.17) is 17.5 Å². The summed E-state index contributed by atoms with van der Waals surface area (Å²) in [5.74, 6) is -2.62. The highest BCUT2D eigenvalue weighted by atomic mass is 35.5. The van der Waals surface area contributed by atoms with Crippen LogP contribution in [-0.2, 0) is 4.79 Å². The van der Waals surface area contributed by atoms with E-state index in [9.17, 15) is 19.1 Å². The molecule has 2 heterocycles. The van der Waals surface area contributed by atoms with E-state index in [2.05, 4.69) is 0 Å². The first-order chi connectivity index (χ1) is 11.8. The number of fused-ring (bicyclic) bond motifs is 1. The van der Waals surface area contributed by atoms with Gasteiger partial charge in [0.1, 0.15) is 18.1 Å². The SMILES string of the molecule is NC1CCN(c2cc3c(cc2F)C(=O)C(C(=O)O)=C[N+]3(Cl)C2CC2)C1. The molecule has 2 atom stereocenters. The molecule has 3 N–H and O–H groups in total. The number of carboxylic acid groups (broad SMARTS) is 1. The third-order valence-electron chi connectivity index (χ3n) is 5.11. The first kappa shape index (κ1) is 16.5. The van der Waals surface area contributed by atoms with E-state index in [0.29, 0.717) is 24.5 Å². The number of nitrogens with two attached hydrogens (primary N) is 1. The van der Waals surface area contributed by atoms with Crippen molar-refractivity contribution in [2.75, 3.05) is 18.0 Å². The largest absolute Gasteiger partial charge is 0.477 e. The fourth-order valence-electron chi connectivity index (χ4n) is 3.63. The summed E-state index contributed by atoms with van der Waals surface area (Å²) >= 11 is 6.75. The Morgan fingerprint density at radius 2 is 2.08 bits per heavy atom. The minimum Gasteiger partial charge on any atom is -0.477 e. The van der Waals surface area contributed by atoms with Crippen LogP contribution in [0.2, 0.25) is 0 Å². The van der Waals surface area contributed by atoms with Gasteiger partial charge in [-0.05, 0) is 12.5 Å². The first-order valence-electron chi connectivity index (χ1n) is 8.25. The molecule has 0 radical (unpaired) electrons. The number of hydrogen-bond acceptors (Lipinski definition) is 4. The Kier molecular flexibility index (Phi) is 3.64. The minimum atomic E-state index is -1.35. The highest BCUT2D eigenvalue weighted by Crippen LogP contribution is 2.48. The molecular weight excluding hydrogens is 349 g/mol. The first-order valence-corrected chi connectivity index (χ1v) is 8.58. The molecule has 6 nitrogen and oxygen atoms in total. The Morgan fingerprint density at radius 3 is 2.64 bits per heavy atom. The molecule has 2 fully saturated rings. The van der Waals surface area contributed by atoms with E-state index < -0.39 is 23.1 Å². The predicted octanol–water partition coefficient (Wildman–Crippen LogP) is 2.15. The number of Topliss-reactive ketones (excluding diaryl/α,β-unsaturated/α-hetero) is 1. The van der Waals surface area contributed by atoms with E-state index in [1.165, 1.54) is 6.20 Å². The number of anilines is 1. The van der Waals surface area contributed by atoms with E-state index in [-0.39, 0.29) is 21.6 Å². The topological polar surface area (TPSA) is 83.6 Å². The van der Waals surface area contributed by atoms with Gasteiger partial charge in [-0.1, -0.05) is 0 Å². The Morgan fingerprint density at radius 1 is 1.36 bits per heavy atom. The van der Waals surface area contributed by atoms with E-state index >= 15 is 0 Å². The van der Waals surface area contributed by atoms with Crippen LogP contribution < -0.4 is 14.6 Å². The molecule has 1 aromatic rings. The van der Waals surface area contributed by atoms with Gasteiger partial charge in [0.25, 0.3) is 0 Å². The summed E-state index contributed by atoms with van der Waals surface area (Å²) in [6, 6.07) is 2.67. The maximum absolute atomic E-state index is 14.7. The number of benzene rings is 1. The highest BCUT2D eigenvalue weighted by molar-refractivity contribution is 6.32. The summed E-state index contributed by atoms with van der Waals surface area (Å²) in [5, 5.41) is 9.32. The molecule has 0 bridgehead atoms. The number of halogens is 2. The van der Waals surface area contributed by atoms with Gasteiger partial charge in [-0.2, -0.15) is 4.00 Å². The Balaban J connectivity index is 1.87. The quantitative estimate of drug-likeness (QED) is 0.632. The van der Waals surface area contributed by atoms with Crippen molar-refractivity contribution in [3.63, 3.8) is 0 Å². The number of carbonyl (C=O) groups is 2. The van der Waals surface area contributed by atoms with Gasteiger partial charge in [-0.3, -0.25) is 4.79 Å². The molecule has 8 heteroatoms. The van der Waals surface area contributed by atoms with Crippen molar-refractivity contribution >= 4 is 34.9 Å². The number of carbonyl (C=O) groups excluding carboxylic acids is 1. The van der Waals surface area contributed by atoms with Crippen molar-refractivity contribution < 1.29 is 19.1 Å². The number of nitrogens with zero attached hydrogens (tertiary/aromatic N) is 2. The lowest BCUT2D eigenvalue weighted by atomic mass is 9.96. The van der Waals surface area contributed by atoms with E-state index in [1.54, 1.807) is 6.07 Å². The number of aliphatic carboxylic acids is 1. The van der Waals surface area contributed by atoms with Crippen LogP contribution in [0.4, 0.5) is 15.8 Å². The molecular formula is C17H18ClFN3O3+. The molecule has 1 aliphatic carbocycles. The smallest absolute Gasteiger partial charge is 0.345 e. The number of carboxylic acids is 1. The van der Waals surface area contributed by atoms with Gasteiger partial charge in [0.15, 0.2) is 23.0 Å². The maximum atomic E-state index is 14.7. The maximum Gasteiger partial charge on any atom is 0.345 e. The third-order valence-corrected chi connectivity index (χ3v) is 5.67. The number of hydrogen-bond donors (Lipinski definition) is 2. The average Bonchev–Trinajstić information content (AvgIpc) is 3.33. The number of rotatable bonds is 3. The fourth-order valence-corrected chi connectivity index (χ4v) is 4.06. The lowest BCUT2D eigenvalue weighted by molar-refractivity contribution is -0.132. The van der Waals surface area contributed by atoms with Gasteiger partial charge in [0, 0.05) is 38.0 Å². The zero-order valence-corrected chi connectivity index (χ0v) is 14.2.